The molecule has 1 nitrogen and oxygen atoms in total. The van der Waals surface area contributed by atoms with E-state index in [4.69, 9.17) is 0 Å². The van der Waals surface area contributed by atoms with Gasteiger partial charge in [0.15, 0.2) is 0 Å². The van der Waals surface area contributed by atoms with Crippen LogP contribution in [0.5, 0.6) is 0 Å². The lowest BCUT2D eigenvalue weighted by Crippen LogP contribution is -2.53. The Morgan fingerprint density at radius 2 is 2.00 bits per heavy atom. The van der Waals surface area contributed by atoms with E-state index in [9.17, 15) is 0 Å². The van der Waals surface area contributed by atoms with Crippen LogP contribution in [-0.2, 0) is 0 Å². The zero-order chi connectivity index (χ0) is 4.88. The Morgan fingerprint density at radius 1 is 1.25 bits per heavy atom. The van der Waals surface area contributed by atoms with Crippen LogP contribution in [-0.4, -0.2) is 12.1 Å². The second kappa shape index (κ2) is 0.561. The molecule has 0 radical (unpaired) electrons. The third-order valence-electron chi connectivity index (χ3n) is 3.42. The van der Waals surface area contributed by atoms with E-state index in [-0.39, 0.29) is 0 Å². The minimum atomic E-state index is 0.931. The molecule has 1 saturated heterocycles. The molecule has 5 rings (SSSR count). The topological polar surface area (TPSA) is 12.0 Å². The Balaban J connectivity index is 2.19. The van der Waals surface area contributed by atoms with Gasteiger partial charge in [0.05, 0.1) is 0 Å². The van der Waals surface area contributed by atoms with Gasteiger partial charge in [-0.25, -0.2) is 0 Å². The quantitative estimate of drug-likeness (QED) is 0.432. The molecule has 4 unspecified atom stereocenters. The van der Waals surface area contributed by atoms with Crippen molar-refractivity contribution in [1.82, 2.24) is 5.32 Å². The van der Waals surface area contributed by atoms with Crippen LogP contribution >= 0.6 is 0 Å². The number of piperidine rings is 1. The molecule has 1 aliphatic heterocycles. The fourth-order valence-electron chi connectivity index (χ4n) is 3.07. The molecule has 3 fully saturated rings. The highest BCUT2D eigenvalue weighted by Gasteiger charge is 2.74. The Hall–Kier alpha value is -0.300. The van der Waals surface area contributed by atoms with Crippen LogP contribution in [0.25, 0.3) is 0 Å². The number of rotatable bonds is 0. The molecule has 0 amide bonds. The molecule has 0 aromatic heterocycles. The van der Waals surface area contributed by atoms with Gasteiger partial charge in [0, 0.05) is 29.8 Å². The van der Waals surface area contributed by atoms with Crippen LogP contribution in [0.2, 0.25) is 0 Å². The van der Waals surface area contributed by atoms with Crippen molar-refractivity contribution in [3.63, 3.8) is 0 Å². The zero-order valence-corrected chi connectivity index (χ0v) is 4.46. The molecular formula is C7H7N. The molecule has 0 spiro atoms. The molecule has 0 aromatic rings. The number of nitrogens with one attached hydrogen (secondary N) is 1. The van der Waals surface area contributed by atoms with Gasteiger partial charge in [0.25, 0.3) is 0 Å². The third kappa shape index (κ3) is 0.111. The lowest BCUT2D eigenvalue weighted by atomic mass is 9.93. The van der Waals surface area contributed by atoms with Gasteiger partial charge in [0.1, 0.15) is 0 Å². The van der Waals surface area contributed by atoms with Gasteiger partial charge in [-0.3, -0.25) is 0 Å². The van der Waals surface area contributed by atoms with Gasteiger partial charge in [0.2, 0.25) is 0 Å². The van der Waals surface area contributed by atoms with Gasteiger partial charge >= 0.3 is 0 Å². The first-order valence-corrected chi connectivity index (χ1v) is 3.44. The largest absolute Gasteiger partial charge is 0.309 e. The maximum absolute atomic E-state index is 3.56. The molecule has 5 aliphatic rings. The first-order valence-electron chi connectivity index (χ1n) is 3.44. The van der Waals surface area contributed by atoms with E-state index < -0.39 is 0 Å². The average Bonchev–Trinajstić information content (AvgIpc) is 2.20. The van der Waals surface area contributed by atoms with Crippen LogP contribution in [0.1, 0.15) is 0 Å². The van der Waals surface area contributed by atoms with Crippen molar-refractivity contribution in [3.05, 3.63) is 11.6 Å². The van der Waals surface area contributed by atoms with Crippen molar-refractivity contribution in [2.45, 2.75) is 12.1 Å². The highest BCUT2D eigenvalue weighted by Crippen LogP contribution is 2.71. The summed E-state index contributed by atoms with van der Waals surface area (Å²) in [4.78, 5) is 0. The fourth-order valence-corrected chi connectivity index (χ4v) is 3.07. The lowest BCUT2D eigenvalue weighted by Gasteiger charge is -2.34. The fraction of sp³-hybridized carbons (Fsp3) is 0.714. The van der Waals surface area contributed by atoms with Crippen molar-refractivity contribution in [1.29, 1.82) is 0 Å². The lowest BCUT2D eigenvalue weighted by molar-refractivity contribution is 0.264. The maximum atomic E-state index is 3.56. The smallest absolute Gasteiger partial charge is 0.0220 e. The molecule has 6 bridgehead atoms. The average molecular weight is 105 g/mol. The van der Waals surface area contributed by atoms with Crippen molar-refractivity contribution in [3.8, 4) is 0 Å². The summed E-state index contributed by atoms with van der Waals surface area (Å²) >= 11 is 0. The molecular weight excluding hydrogens is 98.1 g/mol. The molecule has 2 saturated carbocycles. The van der Waals surface area contributed by atoms with E-state index in [0.717, 1.165) is 29.8 Å². The summed E-state index contributed by atoms with van der Waals surface area (Å²) in [6.45, 7) is 0. The summed E-state index contributed by atoms with van der Waals surface area (Å²) in [5, 5.41) is 3.56. The van der Waals surface area contributed by atoms with E-state index in [1.807, 2.05) is 5.57 Å². The predicted molar refractivity (Wildman–Crippen MR) is 29.3 cm³/mol. The van der Waals surface area contributed by atoms with Crippen LogP contribution in [0, 0.1) is 17.8 Å². The van der Waals surface area contributed by atoms with Crippen LogP contribution in [0.3, 0.4) is 0 Å². The highest BCUT2D eigenvalue weighted by molar-refractivity contribution is 5.54. The number of hydrogen-bond donors (Lipinski definition) is 1. The summed E-state index contributed by atoms with van der Waals surface area (Å²) in [5.41, 5.74) is 1.81. The summed E-state index contributed by atoms with van der Waals surface area (Å²) in [6, 6.07) is 1.86. The Morgan fingerprint density at radius 3 is 2.25 bits per heavy atom. The molecule has 1 heterocycles. The van der Waals surface area contributed by atoms with E-state index in [0.29, 0.717) is 0 Å². The molecule has 0 aromatic carbocycles. The van der Waals surface area contributed by atoms with E-state index in [2.05, 4.69) is 11.4 Å². The molecule has 4 aliphatic carbocycles. The highest BCUT2D eigenvalue weighted by atomic mass is 15.2. The first-order chi connectivity index (χ1) is 3.97. The minimum absolute atomic E-state index is 0.931. The molecule has 40 valence electrons. The van der Waals surface area contributed by atoms with E-state index in [1.165, 1.54) is 0 Å². The van der Waals surface area contributed by atoms with Crippen LogP contribution in [0.15, 0.2) is 11.6 Å². The number of hydrogen-bond acceptors (Lipinski definition) is 1. The summed E-state index contributed by atoms with van der Waals surface area (Å²) in [6.07, 6.45) is 2.52. The van der Waals surface area contributed by atoms with Crippen molar-refractivity contribution in [2.24, 2.45) is 17.8 Å². The zero-order valence-electron chi connectivity index (χ0n) is 4.46. The predicted octanol–water partition coefficient (Wildman–Crippen LogP) is 0.143. The Labute approximate surface area is 47.8 Å². The third-order valence-corrected chi connectivity index (χ3v) is 3.42. The molecule has 8 heavy (non-hydrogen) atoms. The molecule has 1 heteroatoms. The summed E-state index contributed by atoms with van der Waals surface area (Å²) in [5.74, 6) is 3.09. The Bertz CT molecular complexity index is 196. The maximum Gasteiger partial charge on any atom is 0.0220 e. The van der Waals surface area contributed by atoms with Gasteiger partial charge in [-0.2, -0.15) is 0 Å². The minimum Gasteiger partial charge on any atom is -0.309 e. The van der Waals surface area contributed by atoms with Gasteiger partial charge in [-0.05, 0) is 0 Å². The Kier molecular flexibility index (Phi) is 0.212. The first kappa shape index (κ1) is 3.02. The van der Waals surface area contributed by atoms with Gasteiger partial charge in [-0.15, -0.1) is 0 Å². The van der Waals surface area contributed by atoms with Crippen molar-refractivity contribution < 1.29 is 0 Å². The van der Waals surface area contributed by atoms with E-state index >= 15 is 0 Å². The van der Waals surface area contributed by atoms with Crippen LogP contribution in [0.4, 0.5) is 0 Å². The van der Waals surface area contributed by atoms with Crippen molar-refractivity contribution in [2.75, 3.05) is 0 Å². The van der Waals surface area contributed by atoms with Gasteiger partial charge in [-0.1, -0.05) is 11.6 Å². The normalized spacial score (nSPS) is 77.0. The second-order valence-electron chi connectivity index (χ2n) is 3.51. The second-order valence-corrected chi connectivity index (χ2v) is 3.51. The standard InChI is InChI=1S/C7H7N/c1-2-4-5(2)7-3(1)6(4)8-7/h1,3-8H/t3?,4?,5?,6-,7?/m0/s1. The molecule has 5 atom stereocenters. The van der Waals surface area contributed by atoms with E-state index in [1.54, 1.807) is 0 Å². The van der Waals surface area contributed by atoms with Gasteiger partial charge < -0.3 is 5.32 Å². The molecule has 1 N–H and O–H groups in total. The summed E-state index contributed by atoms with van der Waals surface area (Å²) < 4.78 is 0. The summed E-state index contributed by atoms with van der Waals surface area (Å²) in [7, 11) is 0. The monoisotopic (exact) mass is 105 g/mol. The van der Waals surface area contributed by atoms with Crippen LogP contribution < -0.4 is 5.32 Å². The van der Waals surface area contributed by atoms with Crippen molar-refractivity contribution >= 4 is 0 Å². The SMILES string of the molecule is C1=C2C3C4N[C@@H](C14)C23.